The Labute approximate surface area is 173 Å². The van der Waals surface area contributed by atoms with Crippen LogP contribution in [0.3, 0.4) is 0 Å². The molecule has 0 aliphatic rings. The minimum atomic E-state index is -0.731. The zero-order valence-corrected chi connectivity index (χ0v) is 16.5. The summed E-state index contributed by atoms with van der Waals surface area (Å²) in [6, 6.07) is 23.8. The highest BCUT2D eigenvalue weighted by molar-refractivity contribution is 6.42. The standard InChI is InChI=1S/C22H18Cl2N2O2/c23-19-12-11-18(13-20(19)24)25-21(27)22(28)26(14-16-7-3-1-4-8-16)15-17-9-5-2-6-10-17/h1-13H,14-15H2,(H,25,27). The summed E-state index contributed by atoms with van der Waals surface area (Å²) in [4.78, 5) is 26.9. The lowest BCUT2D eigenvalue weighted by molar-refractivity contribution is -0.144. The molecule has 0 saturated carbocycles. The number of rotatable bonds is 5. The van der Waals surface area contributed by atoms with E-state index in [2.05, 4.69) is 5.32 Å². The number of hydrogen-bond acceptors (Lipinski definition) is 2. The molecule has 0 spiro atoms. The fourth-order valence-corrected chi connectivity index (χ4v) is 3.01. The third-order valence-electron chi connectivity index (χ3n) is 4.09. The van der Waals surface area contributed by atoms with Crippen LogP contribution in [0.5, 0.6) is 0 Å². The van der Waals surface area contributed by atoms with E-state index in [1.807, 2.05) is 60.7 Å². The molecule has 0 unspecified atom stereocenters. The highest BCUT2D eigenvalue weighted by atomic mass is 35.5. The molecule has 3 rings (SSSR count). The zero-order chi connectivity index (χ0) is 19.9. The summed E-state index contributed by atoms with van der Waals surface area (Å²) in [6.45, 7) is 0.646. The Morgan fingerprint density at radius 1 is 0.750 bits per heavy atom. The Balaban J connectivity index is 1.78. The van der Waals surface area contributed by atoms with Gasteiger partial charge in [0.05, 0.1) is 10.0 Å². The second-order valence-corrected chi connectivity index (χ2v) is 7.03. The lowest BCUT2D eigenvalue weighted by Crippen LogP contribution is -2.38. The van der Waals surface area contributed by atoms with E-state index in [-0.39, 0.29) is 0 Å². The van der Waals surface area contributed by atoms with Gasteiger partial charge in [0.15, 0.2) is 0 Å². The third-order valence-corrected chi connectivity index (χ3v) is 4.83. The molecule has 28 heavy (non-hydrogen) atoms. The van der Waals surface area contributed by atoms with Crippen LogP contribution in [0.2, 0.25) is 10.0 Å². The van der Waals surface area contributed by atoms with Gasteiger partial charge in [0.2, 0.25) is 0 Å². The maximum Gasteiger partial charge on any atom is 0.313 e. The SMILES string of the molecule is O=C(Nc1ccc(Cl)c(Cl)c1)C(=O)N(Cc1ccccc1)Cc1ccccc1. The number of benzene rings is 3. The number of nitrogens with zero attached hydrogens (tertiary/aromatic N) is 1. The molecule has 0 atom stereocenters. The molecule has 0 fully saturated rings. The molecule has 142 valence electrons. The van der Waals surface area contributed by atoms with Gasteiger partial charge in [-0.3, -0.25) is 9.59 Å². The lowest BCUT2D eigenvalue weighted by atomic mass is 10.1. The van der Waals surface area contributed by atoms with Gasteiger partial charge in [0.25, 0.3) is 0 Å². The molecule has 3 aromatic rings. The van der Waals surface area contributed by atoms with Gasteiger partial charge in [-0.1, -0.05) is 83.9 Å². The van der Waals surface area contributed by atoms with E-state index < -0.39 is 11.8 Å². The van der Waals surface area contributed by atoms with Gasteiger partial charge >= 0.3 is 11.8 Å². The molecule has 0 saturated heterocycles. The molecular weight excluding hydrogens is 395 g/mol. The minimum absolute atomic E-state index is 0.303. The van der Waals surface area contributed by atoms with Crippen LogP contribution in [0, 0.1) is 0 Å². The third kappa shape index (κ3) is 5.35. The van der Waals surface area contributed by atoms with Crippen molar-refractivity contribution < 1.29 is 9.59 Å². The number of halogens is 2. The van der Waals surface area contributed by atoms with Crippen LogP contribution >= 0.6 is 23.2 Å². The van der Waals surface area contributed by atoms with Crippen LogP contribution in [0.15, 0.2) is 78.9 Å². The van der Waals surface area contributed by atoms with E-state index in [1.165, 1.54) is 11.0 Å². The summed E-state index contributed by atoms with van der Waals surface area (Å²) in [7, 11) is 0. The van der Waals surface area contributed by atoms with E-state index >= 15 is 0 Å². The average Bonchev–Trinajstić information content (AvgIpc) is 2.71. The second-order valence-electron chi connectivity index (χ2n) is 6.22. The van der Waals surface area contributed by atoms with Crippen LogP contribution in [0.4, 0.5) is 5.69 Å². The summed E-state index contributed by atoms with van der Waals surface area (Å²) in [6.07, 6.45) is 0. The van der Waals surface area contributed by atoms with Gasteiger partial charge in [-0.2, -0.15) is 0 Å². The first-order chi connectivity index (χ1) is 13.5. The van der Waals surface area contributed by atoms with Gasteiger partial charge in [0.1, 0.15) is 0 Å². The highest BCUT2D eigenvalue weighted by Gasteiger charge is 2.22. The number of carbonyl (C=O) groups excluding carboxylic acids is 2. The normalized spacial score (nSPS) is 10.4. The van der Waals surface area contributed by atoms with E-state index in [0.29, 0.717) is 28.8 Å². The van der Waals surface area contributed by atoms with E-state index in [4.69, 9.17) is 23.2 Å². The Morgan fingerprint density at radius 3 is 1.79 bits per heavy atom. The molecular formula is C22H18Cl2N2O2. The molecule has 0 bridgehead atoms. The first-order valence-corrected chi connectivity index (χ1v) is 9.41. The zero-order valence-electron chi connectivity index (χ0n) is 14.9. The summed E-state index contributed by atoms with van der Waals surface area (Å²) < 4.78 is 0. The molecule has 0 aliphatic carbocycles. The van der Waals surface area contributed by atoms with Crippen molar-refractivity contribution in [2.75, 3.05) is 5.32 Å². The largest absolute Gasteiger partial charge is 0.326 e. The number of nitrogens with one attached hydrogen (secondary N) is 1. The molecule has 0 heterocycles. The van der Waals surface area contributed by atoms with Crippen LogP contribution in [0.1, 0.15) is 11.1 Å². The molecule has 0 aliphatic heterocycles. The predicted molar refractivity (Wildman–Crippen MR) is 112 cm³/mol. The number of amides is 2. The quantitative estimate of drug-likeness (QED) is 0.588. The highest BCUT2D eigenvalue weighted by Crippen LogP contribution is 2.25. The maximum absolute atomic E-state index is 12.9. The van der Waals surface area contributed by atoms with Crippen LogP contribution in [0.25, 0.3) is 0 Å². The topological polar surface area (TPSA) is 49.4 Å². The second kappa shape index (κ2) is 9.40. The van der Waals surface area contributed by atoms with Gasteiger partial charge in [0, 0.05) is 18.8 Å². The molecule has 2 amide bonds. The van der Waals surface area contributed by atoms with Crippen molar-refractivity contribution in [3.05, 3.63) is 100 Å². The van der Waals surface area contributed by atoms with Gasteiger partial charge in [-0.15, -0.1) is 0 Å². The molecule has 0 radical (unpaired) electrons. The molecule has 0 aromatic heterocycles. The molecule has 4 nitrogen and oxygen atoms in total. The average molecular weight is 413 g/mol. The molecule has 1 N–H and O–H groups in total. The van der Waals surface area contributed by atoms with Crippen molar-refractivity contribution in [1.82, 2.24) is 4.90 Å². The van der Waals surface area contributed by atoms with Crippen molar-refractivity contribution >= 4 is 40.7 Å². The molecule has 6 heteroatoms. The Kier molecular flexibility index (Phi) is 6.69. The van der Waals surface area contributed by atoms with Crippen LogP contribution in [-0.2, 0) is 22.7 Å². The smallest absolute Gasteiger partial charge is 0.313 e. The van der Waals surface area contributed by atoms with Crippen molar-refractivity contribution in [3.8, 4) is 0 Å². The first-order valence-electron chi connectivity index (χ1n) is 8.66. The number of anilines is 1. The first kappa shape index (κ1) is 19.9. The predicted octanol–water partition coefficient (Wildman–Crippen LogP) is 5.16. The van der Waals surface area contributed by atoms with Crippen LogP contribution < -0.4 is 5.32 Å². The van der Waals surface area contributed by atoms with Gasteiger partial charge in [-0.25, -0.2) is 0 Å². The van der Waals surface area contributed by atoms with E-state index in [0.717, 1.165) is 11.1 Å². The van der Waals surface area contributed by atoms with Gasteiger partial charge in [-0.05, 0) is 29.3 Å². The van der Waals surface area contributed by atoms with Crippen molar-refractivity contribution in [2.45, 2.75) is 13.1 Å². The lowest BCUT2D eigenvalue weighted by Gasteiger charge is -2.22. The number of hydrogen-bond donors (Lipinski definition) is 1. The monoisotopic (exact) mass is 412 g/mol. The minimum Gasteiger partial charge on any atom is -0.326 e. The summed E-state index contributed by atoms with van der Waals surface area (Å²) >= 11 is 11.9. The van der Waals surface area contributed by atoms with E-state index in [9.17, 15) is 9.59 Å². The maximum atomic E-state index is 12.9. The van der Waals surface area contributed by atoms with Crippen molar-refractivity contribution in [2.24, 2.45) is 0 Å². The fraction of sp³-hybridized carbons (Fsp3) is 0.0909. The molecule has 3 aromatic carbocycles. The number of carbonyl (C=O) groups is 2. The summed E-state index contributed by atoms with van der Waals surface area (Å²) in [5.74, 6) is -1.36. The Bertz CT molecular complexity index is 921. The fourth-order valence-electron chi connectivity index (χ4n) is 2.71. The Morgan fingerprint density at radius 2 is 1.29 bits per heavy atom. The van der Waals surface area contributed by atoms with Gasteiger partial charge < -0.3 is 10.2 Å². The van der Waals surface area contributed by atoms with Crippen molar-refractivity contribution in [1.29, 1.82) is 0 Å². The summed E-state index contributed by atoms with van der Waals surface area (Å²) in [5.41, 5.74) is 2.29. The van der Waals surface area contributed by atoms with Crippen LogP contribution in [-0.4, -0.2) is 16.7 Å². The van der Waals surface area contributed by atoms with Crippen molar-refractivity contribution in [3.63, 3.8) is 0 Å². The Hall–Kier alpha value is -2.82. The van der Waals surface area contributed by atoms with E-state index in [1.54, 1.807) is 12.1 Å². The summed E-state index contributed by atoms with van der Waals surface area (Å²) in [5, 5.41) is 3.27.